The van der Waals surface area contributed by atoms with Crippen molar-refractivity contribution >= 4 is 28.9 Å². The molecular formula is C16H15ClN2O4. The van der Waals surface area contributed by atoms with E-state index in [1.807, 2.05) is 6.07 Å². The molecule has 120 valence electrons. The highest BCUT2D eigenvalue weighted by Crippen LogP contribution is 2.26. The van der Waals surface area contributed by atoms with Crippen LogP contribution in [-0.4, -0.2) is 23.5 Å². The summed E-state index contributed by atoms with van der Waals surface area (Å²) in [6, 6.07) is 12.8. The van der Waals surface area contributed by atoms with Gasteiger partial charge in [0.15, 0.2) is 0 Å². The summed E-state index contributed by atoms with van der Waals surface area (Å²) in [5.41, 5.74) is 0.941. The summed E-state index contributed by atoms with van der Waals surface area (Å²) < 4.78 is 5.31. The molecule has 0 spiro atoms. The van der Waals surface area contributed by atoms with E-state index in [9.17, 15) is 14.9 Å². The summed E-state index contributed by atoms with van der Waals surface area (Å²) >= 11 is 5.98. The monoisotopic (exact) mass is 334 g/mol. The second-order valence-electron chi connectivity index (χ2n) is 4.88. The number of hydrogen-bond acceptors (Lipinski definition) is 5. The van der Waals surface area contributed by atoms with Gasteiger partial charge in [0, 0.05) is 12.1 Å². The number of ether oxygens (including phenoxy) is 1. The normalized spacial score (nSPS) is 11.6. The van der Waals surface area contributed by atoms with Crippen LogP contribution >= 0.6 is 11.6 Å². The number of benzene rings is 2. The molecule has 0 aromatic heterocycles. The number of carbonyl (C=O) groups is 1. The van der Waals surface area contributed by atoms with E-state index >= 15 is 0 Å². The molecule has 1 unspecified atom stereocenters. The molecule has 23 heavy (non-hydrogen) atoms. The lowest BCUT2D eigenvalue weighted by Crippen LogP contribution is -2.23. The zero-order valence-corrected chi connectivity index (χ0v) is 13.1. The van der Waals surface area contributed by atoms with E-state index < -0.39 is 17.0 Å². The van der Waals surface area contributed by atoms with Gasteiger partial charge in [0.25, 0.3) is 5.69 Å². The molecule has 0 saturated carbocycles. The van der Waals surface area contributed by atoms with Crippen LogP contribution in [0.3, 0.4) is 0 Å². The Kier molecular flexibility index (Phi) is 5.54. The Labute approximate surface area is 138 Å². The maximum absolute atomic E-state index is 11.9. The standard InChI is InChI=1S/C16H15ClN2O4/c1-11(23-16(20)12-5-3-2-4-6-12)10-18-15-8-7-13(19(21)22)9-14(15)17/h2-9,11,18H,10H2,1H3. The van der Waals surface area contributed by atoms with Crippen LogP contribution in [0.5, 0.6) is 0 Å². The van der Waals surface area contributed by atoms with Crippen molar-refractivity contribution in [2.45, 2.75) is 13.0 Å². The highest BCUT2D eigenvalue weighted by atomic mass is 35.5. The first-order valence-corrected chi connectivity index (χ1v) is 7.29. The Hall–Kier alpha value is -2.60. The van der Waals surface area contributed by atoms with E-state index in [0.717, 1.165) is 0 Å². The van der Waals surface area contributed by atoms with Gasteiger partial charge in [-0.2, -0.15) is 0 Å². The quantitative estimate of drug-likeness (QED) is 0.492. The molecule has 2 aromatic rings. The molecule has 0 aliphatic heterocycles. The Balaban J connectivity index is 1.90. The van der Waals surface area contributed by atoms with Gasteiger partial charge in [-0.3, -0.25) is 10.1 Å². The molecule has 2 aromatic carbocycles. The van der Waals surface area contributed by atoms with Gasteiger partial charge in [-0.05, 0) is 25.1 Å². The van der Waals surface area contributed by atoms with Gasteiger partial charge in [0.05, 0.1) is 27.7 Å². The lowest BCUT2D eigenvalue weighted by atomic mass is 10.2. The summed E-state index contributed by atoms with van der Waals surface area (Å²) in [6.45, 7) is 2.07. The van der Waals surface area contributed by atoms with Crippen molar-refractivity contribution < 1.29 is 14.5 Å². The zero-order chi connectivity index (χ0) is 16.8. The number of non-ortho nitro benzene ring substituents is 1. The van der Waals surface area contributed by atoms with Gasteiger partial charge in [-0.25, -0.2) is 4.79 Å². The number of nitrogens with one attached hydrogen (secondary N) is 1. The van der Waals surface area contributed by atoms with Crippen LogP contribution < -0.4 is 5.32 Å². The third-order valence-corrected chi connectivity index (χ3v) is 3.37. The van der Waals surface area contributed by atoms with Crippen molar-refractivity contribution in [3.05, 3.63) is 69.2 Å². The van der Waals surface area contributed by atoms with Crippen LogP contribution in [0.2, 0.25) is 5.02 Å². The number of nitro benzene ring substituents is 1. The highest BCUT2D eigenvalue weighted by Gasteiger charge is 2.13. The van der Waals surface area contributed by atoms with Crippen molar-refractivity contribution in [2.24, 2.45) is 0 Å². The SMILES string of the molecule is CC(CNc1ccc([N+](=O)[O-])cc1Cl)OC(=O)c1ccccc1. The molecule has 0 saturated heterocycles. The van der Waals surface area contributed by atoms with E-state index in [-0.39, 0.29) is 10.7 Å². The Bertz CT molecular complexity index is 706. The van der Waals surface area contributed by atoms with E-state index in [0.29, 0.717) is 17.8 Å². The molecule has 0 radical (unpaired) electrons. The van der Waals surface area contributed by atoms with E-state index in [4.69, 9.17) is 16.3 Å². The fourth-order valence-electron chi connectivity index (χ4n) is 1.88. The molecule has 7 heteroatoms. The van der Waals surface area contributed by atoms with E-state index in [2.05, 4.69) is 5.32 Å². The number of halogens is 1. The molecular weight excluding hydrogens is 320 g/mol. The molecule has 0 aliphatic carbocycles. The first-order chi connectivity index (χ1) is 11.0. The maximum Gasteiger partial charge on any atom is 0.338 e. The molecule has 0 heterocycles. The summed E-state index contributed by atoms with van der Waals surface area (Å²) in [6.07, 6.45) is -0.394. The summed E-state index contributed by atoms with van der Waals surface area (Å²) in [4.78, 5) is 22.0. The Morgan fingerprint density at radius 2 is 2.00 bits per heavy atom. The minimum absolute atomic E-state index is 0.0795. The average molecular weight is 335 g/mol. The minimum atomic E-state index is -0.514. The number of nitro groups is 1. The van der Waals surface area contributed by atoms with Crippen molar-refractivity contribution in [1.82, 2.24) is 0 Å². The minimum Gasteiger partial charge on any atom is -0.457 e. The number of esters is 1. The van der Waals surface area contributed by atoms with Crippen molar-refractivity contribution in [3.63, 3.8) is 0 Å². The van der Waals surface area contributed by atoms with Gasteiger partial charge in [0.2, 0.25) is 0 Å². The third kappa shape index (κ3) is 4.69. The van der Waals surface area contributed by atoms with Crippen LogP contribution in [0.4, 0.5) is 11.4 Å². The predicted molar refractivity (Wildman–Crippen MR) is 87.9 cm³/mol. The third-order valence-electron chi connectivity index (χ3n) is 3.06. The fraction of sp³-hybridized carbons (Fsp3) is 0.188. The van der Waals surface area contributed by atoms with Crippen molar-refractivity contribution in [1.29, 1.82) is 0 Å². The fourth-order valence-corrected chi connectivity index (χ4v) is 2.12. The first kappa shape index (κ1) is 16.8. The van der Waals surface area contributed by atoms with Crippen LogP contribution in [0, 0.1) is 10.1 Å². The molecule has 6 nitrogen and oxygen atoms in total. The lowest BCUT2D eigenvalue weighted by Gasteiger charge is -2.15. The van der Waals surface area contributed by atoms with Gasteiger partial charge in [0.1, 0.15) is 6.10 Å². The highest BCUT2D eigenvalue weighted by molar-refractivity contribution is 6.33. The van der Waals surface area contributed by atoms with Crippen LogP contribution in [0.1, 0.15) is 17.3 Å². The molecule has 1 N–H and O–H groups in total. The van der Waals surface area contributed by atoms with Crippen LogP contribution in [0.25, 0.3) is 0 Å². The lowest BCUT2D eigenvalue weighted by molar-refractivity contribution is -0.384. The number of hydrogen-bond donors (Lipinski definition) is 1. The van der Waals surface area contributed by atoms with E-state index in [1.54, 1.807) is 31.2 Å². The van der Waals surface area contributed by atoms with E-state index in [1.165, 1.54) is 18.2 Å². The van der Waals surface area contributed by atoms with Crippen molar-refractivity contribution in [3.8, 4) is 0 Å². The van der Waals surface area contributed by atoms with Gasteiger partial charge >= 0.3 is 5.97 Å². The second-order valence-corrected chi connectivity index (χ2v) is 5.29. The summed E-state index contributed by atoms with van der Waals surface area (Å²) in [5.74, 6) is -0.408. The summed E-state index contributed by atoms with van der Waals surface area (Å²) in [5, 5.41) is 13.9. The molecule has 0 fully saturated rings. The van der Waals surface area contributed by atoms with Crippen molar-refractivity contribution in [2.75, 3.05) is 11.9 Å². The largest absolute Gasteiger partial charge is 0.457 e. The predicted octanol–water partition coefficient (Wildman–Crippen LogP) is 3.91. The number of rotatable bonds is 6. The van der Waals surface area contributed by atoms with Gasteiger partial charge in [-0.1, -0.05) is 29.8 Å². The van der Waals surface area contributed by atoms with Gasteiger partial charge < -0.3 is 10.1 Å². The molecule has 0 aliphatic rings. The first-order valence-electron chi connectivity index (χ1n) is 6.91. The van der Waals surface area contributed by atoms with Gasteiger partial charge in [-0.15, -0.1) is 0 Å². The molecule has 2 rings (SSSR count). The van der Waals surface area contributed by atoms with Crippen LogP contribution in [0.15, 0.2) is 48.5 Å². The Morgan fingerprint density at radius 1 is 1.30 bits per heavy atom. The number of anilines is 1. The topological polar surface area (TPSA) is 81.5 Å². The second kappa shape index (κ2) is 7.60. The zero-order valence-electron chi connectivity index (χ0n) is 12.4. The Morgan fingerprint density at radius 3 is 2.61 bits per heavy atom. The average Bonchev–Trinajstić information content (AvgIpc) is 2.54. The van der Waals surface area contributed by atoms with Crippen LogP contribution in [-0.2, 0) is 4.74 Å². The summed E-state index contributed by atoms with van der Waals surface area (Å²) in [7, 11) is 0. The number of carbonyl (C=O) groups excluding carboxylic acids is 1. The maximum atomic E-state index is 11.9. The molecule has 1 atom stereocenters. The molecule has 0 bridgehead atoms. The molecule has 0 amide bonds. The number of nitrogens with zero attached hydrogens (tertiary/aromatic N) is 1. The smallest absolute Gasteiger partial charge is 0.338 e.